The van der Waals surface area contributed by atoms with Crippen LogP contribution < -0.4 is 4.72 Å². The number of halogens is 2. The molecule has 0 aliphatic heterocycles. The van der Waals surface area contributed by atoms with Crippen LogP contribution in [0.2, 0.25) is 5.02 Å². The SMILES string of the molecule is CCC(O)(CC)CNS(=O)(=O)c1ccc(F)cc1Cl. The number of aliphatic hydroxyl groups is 1. The fraction of sp³-hybridized carbons (Fsp3) is 0.500. The summed E-state index contributed by atoms with van der Waals surface area (Å²) in [7, 11) is -3.87. The largest absolute Gasteiger partial charge is 0.389 e. The van der Waals surface area contributed by atoms with Gasteiger partial charge in [-0.05, 0) is 31.0 Å². The molecular formula is C12H17ClFNO3S. The molecule has 0 atom stereocenters. The fourth-order valence-electron chi connectivity index (χ4n) is 1.50. The topological polar surface area (TPSA) is 66.4 Å². The molecule has 0 bridgehead atoms. The maximum atomic E-state index is 12.9. The molecule has 0 amide bonds. The van der Waals surface area contributed by atoms with Crippen LogP contribution in [0, 0.1) is 5.82 Å². The van der Waals surface area contributed by atoms with Gasteiger partial charge < -0.3 is 5.11 Å². The lowest BCUT2D eigenvalue weighted by Crippen LogP contribution is -2.42. The van der Waals surface area contributed by atoms with Crippen LogP contribution >= 0.6 is 11.6 Å². The van der Waals surface area contributed by atoms with Gasteiger partial charge in [0.2, 0.25) is 10.0 Å². The maximum Gasteiger partial charge on any atom is 0.242 e. The monoisotopic (exact) mass is 309 g/mol. The Morgan fingerprint density at radius 2 is 1.95 bits per heavy atom. The van der Waals surface area contributed by atoms with Crippen LogP contribution in [-0.4, -0.2) is 25.7 Å². The molecule has 19 heavy (non-hydrogen) atoms. The molecule has 0 fully saturated rings. The zero-order valence-corrected chi connectivity index (χ0v) is 12.4. The summed E-state index contributed by atoms with van der Waals surface area (Å²) in [6, 6.07) is 3.05. The minimum Gasteiger partial charge on any atom is -0.389 e. The van der Waals surface area contributed by atoms with E-state index in [0.717, 1.165) is 18.2 Å². The normalized spacial score (nSPS) is 12.7. The van der Waals surface area contributed by atoms with E-state index < -0.39 is 21.4 Å². The lowest BCUT2D eigenvalue weighted by molar-refractivity contribution is 0.0377. The Bertz CT molecular complexity index is 544. The minimum absolute atomic E-state index is 0.115. The van der Waals surface area contributed by atoms with E-state index in [-0.39, 0.29) is 16.5 Å². The third-order valence-corrected chi connectivity index (χ3v) is 4.98. The summed E-state index contributed by atoms with van der Waals surface area (Å²) in [4.78, 5) is -0.204. The molecule has 0 unspecified atom stereocenters. The molecule has 0 spiro atoms. The molecule has 1 aromatic carbocycles. The van der Waals surface area contributed by atoms with E-state index in [1.807, 2.05) is 0 Å². The van der Waals surface area contributed by atoms with Crippen molar-refractivity contribution < 1.29 is 17.9 Å². The predicted molar refractivity (Wildman–Crippen MR) is 72.1 cm³/mol. The second-order valence-corrected chi connectivity index (χ2v) is 6.47. The van der Waals surface area contributed by atoms with Gasteiger partial charge in [-0.15, -0.1) is 0 Å². The second kappa shape index (κ2) is 6.17. The first-order valence-electron chi connectivity index (χ1n) is 5.91. The highest BCUT2D eigenvalue weighted by Crippen LogP contribution is 2.22. The summed E-state index contributed by atoms with van der Waals surface area (Å²) >= 11 is 5.71. The number of benzene rings is 1. The van der Waals surface area contributed by atoms with E-state index >= 15 is 0 Å². The molecule has 7 heteroatoms. The van der Waals surface area contributed by atoms with Crippen molar-refractivity contribution in [2.45, 2.75) is 37.2 Å². The predicted octanol–water partition coefficient (Wildman–Crippen LogP) is 2.31. The van der Waals surface area contributed by atoms with Gasteiger partial charge in [-0.3, -0.25) is 0 Å². The van der Waals surface area contributed by atoms with E-state index in [0.29, 0.717) is 12.8 Å². The van der Waals surface area contributed by atoms with Crippen molar-refractivity contribution in [2.24, 2.45) is 0 Å². The number of rotatable bonds is 6. The molecule has 108 valence electrons. The maximum absolute atomic E-state index is 12.9. The summed E-state index contributed by atoms with van der Waals surface area (Å²) in [6.07, 6.45) is 0.840. The third-order valence-electron chi connectivity index (χ3n) is 3.09. The standard InChI is InChI=1S/C12H17ClFNO3S/c1-3-12(16,4-2)8-15-19(17,18)11-6-5-9(14)7-10(11)13/h5-7,15-16H,3-4,8H2,1-2H3. The summed E-state index contributed by atoms with van der Waals surface area (Å²) in [5, 5.41) is 9.84. The van der Waals surface area contributed by atoms with Crippen LogP contribution in [0.5, 0.6) is 0 Å². The lowest BCUT2D eigenvalue weighted by Gasteiger charge is -2.25. The van der Waals surface area contributed by atoms with Crippen molar-refractivity contribution in [2.75, 3.05) is 6.54 Å². The van der Waals surface area contributed by atoms with Crippen molar-refractivity contribution in [3.63, 3.8) is 0 Å². The first kappa shape index (κ1) is 16.4. The number of sulfonamides is 1. The molecule has 0 saturated carbocycles. The van der Waals surface area contributed by atoms with Crippen molar-refractivity contribution in [3.05, 3.63) is 29.0 Å². The molecular weight excluding hydrogens is 293 g/mol. The van der Waals surface area contributed by atoms with Gasteiger partial charge in [0.25, 0.3) is 0 Å². The van der Waals surface area contributed by atoms with Crippen LogP contribution in [0.4, 0.5) is 4.39 Å². The van der Waals surface area contributed by atoms with Gasteiger partial charge >= 0.3 is 0 Å². The third kappa shape index (κ3) is 4.14. The molecule has 0 saturated heterocycles. The molecule has 1 aromatic rings. The number of hydrogen-bond acceptors (Lipinski definition) is 3. The Balaban J connectivity index is 2.93. The minimum atomic E-state index is -3.87. The van der Waals surface area contributed by atoms with Crippen LogP contribution in [0.25, 0.3) is 0 Å². The zero-order chi connectivity index (χ0) is 14.7. The van der Waals surface area contributed by atoms with Gasteiger partial charge in [0.15, 0.2) is 0 Å². The summed E-state index contributed by atoms with van der Waals surface area (Å²) < 4.78 is 39.2. The van der Waals surface area contributed by atoms with Crippen molar-refractivity contribution in [3.8, 4) is 0 Å². The zero-order valence-electron chi connectivity index (χ0n) is 10.8. The van der Waals surface area contributed by atoms with Gasteiger partial charge in [-0.2, -0.15) is 0 Å². The van der Waals surface area contributed by atoms with Crippen molar-refractivity contribution in [1.29, 1.82) is 0 Å². The quantitative estimate of drug-likeness (QED) is 0.847. The van der Waals surface area contributed by atoms with Crippen molar-refractivity contribution in [1.82, 2.24) is 4.72 Å². The molecule has 4 nitrogen and oxygen atoms in total. The second-order valence-electron chi connectivity index (χ2n) is 4.33. The summed E-state index contributed by atoms with van der Waals surface area (Å²) in [6.45, 7) is 3.42. The Morgan fingerprint density at radius 1 is 1.37 bits per heavy atom. The first-order chi connectivity index (χ1) is 8.74. The highest BCUT2D eigenvalue weighted by atomic mass is 35.5. The molecule has 1 rings (SSSR count). The molecule has 0 aliphatic rings. The molecule has 0 heterocycles. The number of hydrogen-bond donors (Lipinski definition) is 2. The first-order valence-corrected chi connectivity index (χ1v) is 7.77. The number of nitrogens with one attached hydrogen (secondary N) is 1. The Morgan fingerprint density at radius 3 is 2.42 bits per heavy atom. The molecule has 0 aliphatic carbocycles. The fourth-order valence-corrected chi connectivity index (χ4v) is 3.15. The lowest BCUT2D eigenvalue weighted by atomic mass is 9.98. The van der Waals surface area contributed by atoms with E-state index in [2.05, 4.69) is 4.72 Å². The average molecular weight is 310 g/mol. The molecule has 0 radical (unpaired) electrons. The van der Waals surface area contributed by atoms with E-state index in [9.17, 15) is 17.9 Å². The Labute approximate surface area is 117 Å². The van der Waals surface area contributed by atoms with Crippen molar-refractivity contribution >= 4 is 21.6 Å². The summed E-state index contributed by atoms with van der Waals surface area (Å²) in [5.74, 6) is -0.609. The molecule has 2 N–H and O–H groups in total. The van der Waals surface area contributed by atoms with Gasteiger partial charge in [-0.25, -0.2) is 17.5 Å². The van der Waals surface area contributed by atoms with E-state index in [1.165, 1.54) is 0 Å². The summed E-state index contributed by atoms with van der Waals surface area (Å²) in [5.41, 5.74) is -1.10. The Kier molecular flexibility index (Phi) is 5.32. The van der Waals surface area contributed by atoms with Crippen LogP contribution in [0.3, 0.4) is 0 Å². The highest BCUT2D eigenvalue weighted by molar-refractivity contribution is 7.89. The van der Waals surface area contributed by atoms with E-state index in [4.69, 9.17) is 11.6 Å². The van der Waals surface area contributed by atoms with Gasteiger partial charge in [0.05, 0.1) is 10.6 Å². The van der Waals surface area contributed by atoms with Crippen LogP contribution in [0.15, 0.2) is 23.1 Å². The Hall–Kier alpha value is -0.690. The van der Waals surface area contributed by atoms with Gasteiger partial charge in [-0.1, -0.05) is 25.4 Å². The molecule has 0 aromatic heterocycles. The van der Waals surface area contributed by atoms with Gasteiger partial charge in [0.1, 0.15) is 10.7 Å². The van der Waals surface area contributed by atoms with Gasteiger partial charge in [0, 0.05) is 6.54 Å². The van der Waals surface area contributed by atoms with E-state index in [1.54, 1.807) is 13.8 Å². The average Bonchev–Trinajstić information content (AvgIpc) is 2.35. The highest BCUT2D eigenvalue weighted by Gasteiger charge is 2.26. The van der Waals surface area contributed by atoms with Crippen LogP contribution in [-0.2, 0) is 10.0 Å². The van der Waals surface area contributed by atoms with Crippen LogP contribution in [0.1, 0.15) is 26.7 Å². The smallest absolute Gasteiger partial charge is 0.242 e.